The van der Waals surface area contributed by atoms with Crippen LogP contribution in [-0.4, -0.2) is 44.7 Å². The van der Waals surface area contributed by atoms with Gasteiger partial charge in [-0.3, -0.25) is 0 Å². The lowest BCUT2D eigenvalue weighted by Gasteiger charge is -2.47. The summed E-state index contributed by atoms with van der Waals surface area (Å²) in [5.41, 5.74) is -0.661. The average molecular weight is 458 g/mol. The highest BCUT2D eigenvalue weighted by Gasteiger charge is 2.47. The maximum Gasteiger partial charge on any atom is 0.110 e. The van der Waals surface area contributed by atoms with Crippen LogP contribution in [0.3, 0.4) is 0 Å². The fourth-order valence-electron chi connectivity index (χ4n) is 3.97. The third-order valence-corrected chi connectivity index (χ3v) is 5.58. The minimum absolute atomic E-state index is 0.0634. The molecule has 0 rings (SSSR count). The first-order valence-corrected chi connectivity index (χ1v) is 9.46. The molecule has 0 fully saturated rings. The van der Waals surface area contributed by atoms with Gasteiger partial charge in [0, 0.05) is 21.3 Å². The molecule has 0 heterocycles. The van der Waals surface area contributed by atoms with Crippen LogP contribution in [-0.2, 0) is 17.3 Å². The summed E-state index contributed by atoms with van der Waals surface area (Å²) in [5.74, 6) is 0. The molecule has 0 aliphatic heterocycles. The van der Waals surface area contributed by atoms with Crippen molar-refractivity contribution in [3.63, 3.8) is 0 Å². The molecular formula is C19H39IO4. The Hall–Kier alpha value is 0.570. The Bertz CT molecular complexity index is 342. The van der Waals surface area contributed by atoms with Crippen LogP contribution in [0.15, 0.2) is 0 Å². The summed E-state index contributed by atoms with van der Waals surface area (Å²) in [6.07, 6.45) is 1.61. The first kappa shape index (κ1) is 24.6. The molecule has 24 heavy (non-hydrogen) atoms. The zero-order valence-corrected chi connectivity index (χ0v) is 19.7. The molecule has 0 aromatic rings. The molecule has 0 radical (unpaired) electrons. The number of halogens is 1. The van der Waals surface area contributed by atoms with E-state index in [0.717, 1.165) is 12.8 Å². The quantitative estimate of drug-likeness (QED) is 0.388. The smallest absolute Gasteiger partial charge is 0.110 e. The number of ether oxygens (including phenoxy) is 3. The Labute approximate surface area is 164 Å². The van der Waals surface area contributed by atoms with E-state index in [9.17, 15) is 0 Å². The first-order valence-electron chi connectivity index (χ1n) is 8.58. The number of rotatable bonds is 11. The van der Waals surface area contributed by atoms with E-state index in [1.165, 1.54) is 0 Å². The summed E-state index contributed by atoms with van der Waals surface area (Å²) >= 11 is 2.01. The molecule has 0 aromatic carbocycles. The van der Waals surface area contributed by atoms with Gasteiger partial charge in [0.05, 0.1) is 17.3 Å². The van der Waals surface area contributed by atoms with Crippen LogP contribution in [0.4, 0.5) is 0 Å². The van der Waals surface area contributed by atoms with E-state index in [1.54, 1.807) is 21.3 Å². The molecular weight excluding hydrogens is 419 g/mol. The third kappa shape index (κ3) is 7.06. The minimum Gasteiger partial charge on any atom is -0.379 e. The molecule has 0 bridgehead atoms. The zero-order valence-electron chi connectivity index (χ0n) is 17.6. The maximum atomic E-state index is 5.97. The SMILES string of the molecule is COC(C(OI)C(C)(C)CC(C)(C)OC)C(C)(C)CC(C)(C)OC. The lowest BCUT2D eigenvalue weighted by molar-refractivity contribution is -0.133. The van der Waals surface area contributed by atoms with Gasteiger partial charge < -0.3 is 17.3 Å². The predicted molar refractivity (Wildman–Crippen MR) is 109 cm³/mol. The van der Waals surface area contributed by atoms with E-state index in [2.05, 4.69) is 55.4 Å². The molecule has 0 saturated heterocycles. The zero-order chi connectivity index (χ0) is 19.4. The van der Waals surface area contributed by atoms with Gasteiger partial charge in [0.2, 0.25) is 0 Å². The van der Waals surface area contributed by atoms with Crippen molar-refractivity contribution in [2.24, 2.45) is 10.8 Å². The van der Waals surface area contributed by atoms with Crippen molar-refractivity contribution in [2.45, 2.75) is 91.6 Å². The van der Waals surface area contributed by atoms with E-state index < -0.39 is 0 Å². The van der Waals surface area contributed by atoms with Crippen molar-refractivity contribution >= 4 is 23.0 Å². The number of hydrogen-bond acceptors (Lipinski definition) is 4. The summed E-state index contributed by atoms with van der Waals surface area (Å²) in [6, 6.07) is 0. The molecule has 146 valence electrons. The molecule has 2 atom stereocenters. The summed E-state index contributed by atoms with van der Waals surface area (Å²) in [7, 11) is 5.29. The molecule has 0 amide bonds. The van der Waals surface area contributed by atoms with Crippen molar-refractivity contribution in [1.82, 2.24) is 0 Å². The normalized spacial score (nSPS) is 17.0. The van der Waals surface area contributed by atoms with Crippen LogP contribution < -0.4 is 0 Å². The molecule has 5 heteroatoms. The summed E-state index contributed by atoms with van der Waals surface area (Å²) in [6.45, 7) is 17.3. The highest BCUT2D eigenvalue weighted by atomic mass is 127. The van der Waals surface area contributed by atoms with Gasteiger partial charge in [-0.15, -0.1) is 0 Å². The van der Waals surface area contributed by atoms with E-state index >= 15 is 0 Å². The van der Waals surface area contributed by atoms with E-state index in [1.807, 2.05) is 23.0 Å². The lowest BCUT2D eigenvalue weighted by atomic mass is 9.67. The van der Waals surface area contributed by atoms with Gasteiger partial charge >= 0.3 is 0 Å². The molecule has 0 aliphatic rings. The van der Waals surface area contributed by atoms with Crippen LogP contribution in [0.5, 0.6) is 0 Å². The van der Waals surface area contributed by atoms with Gasteiger partial charge in [0.15, 0.2) is 0 Å². The second-order valence-corrected chi connectivity index (χ2v) is 9.93. The maximum absolute atomic E-state index is 5.97. The molecule has 0 N–H and O–H groups in total. The van der Waals surface area contributed by atoms with Crippen molar-refractivity contribution in [2.75, 3.05) is 21.3 Å². The van der Waals surface area contributed by atoms with Gasteiger partial charge in [-0.2, -0.15) is 0 Å². The van der Waals surface area contributed by atoms with Gasteiger partial charge in [0.1, 0.15) is 29.1 Å². The fraction of sp³-hybridized carbons (Fsp3) is 1.00. The van der Waals surface area contributed by atoms with Crippen molar-refractivity contribution in [1.29, 1.82) is 0 Å². The predicted octanol–water partition coefficient (Wildman–Crippen LogP) is 5.42. The highest BCUT2D eigenvalue weighted by Crippen LogP contribution is 2.44. The monoisotopic (exact) mass is 458 g/mol. The van der Waals surface area contributed by atoms with Gasteiger partial charge in [-0.25, -0.2) is 0 Å². The molecule has 4 nitrogen and oxygen atoms in total. The molecule has 2 unspecified atom stereocenters. The van der Waals surface area contributed by atoms with Crippen LogP contribution >= 0.6 is 23.0 Å². The summed E-state index contributed by atoms with van der Waals surface area (Å²) in [4.78, 5) is 0. The Balaban J connectivity index is 5.56. The molecule has 0 aliphatic carbocycles. The van der Waals surface area contributed by atoms with Crippen LogP contribution in [0.25, 0.3) is 0 Å². The first-order chi connectivity index (χ1) is 10.7. The lowest BCUT2D eigenvalue weighted by Crippen LogP contribution is -2.52. The van der Waals surface area contributed by atoms with E-state index in [-0.39, 0.29) is 34.2 Å². The van der Waals surface area contributed by atoms with Crippen molar-refractivity contribution < 1.29 is 17.3 Å². The van der Waals surface area contributed by atoms with Crippen LogP contribution in [0, 0.1) is 10.8 Å². The second-order valence-electron chi connectivity index (χ2n) is 9.42. The van der Waals surface area contributed by atoms with E-state index in [4.69, 9.17) is 17.3 Å². The minimum atomic E-state index is -0.217. The topological polar surface area (TPSA) is 36.9 Å². The molecule has 0 aromatic heterocycles. The molecule has 0 saturated carbocycles. The van der Waals surface area contributed by atoms with Gasteiger partial charge in [0.25, 0.3) is 0 Å². The van der Waals surface area contributed by atoms with Gasteiger partial charge in [-0.05, 0) is 51.4 Å². The Morgan fingerprint density at radius 1 is 0.667 bits per heavy atom. The Morgan fingerprint density at radius 2 is 1.00 bits per heavy atom. The van der Waals surface area contributed by atoms with E-state index in [0.29, 0.717) is 0 Å². The average Bonchev–Trinajstić information content (AvgIpc) is 2.41. The fourth-order valence-corrected chi connectivity index (χ4v) is 4.92. The largest absolute Gasteiger partial charge is 0.379 e. The Morgan fingerprint density at radius 3 is 1.25 bits per heavy atom. The summed E-state index contributed by atoms with van der Waals surface area (Å²) < 4.78 is 23.2. The Kier molecular flexibility index (Phi) is 9.19. The number of methoxy groups -OCH3 is 3. The third-order valence-electron chi connectivity index (χ3n) is 5.03. The highest BCUT2D eigenvalue weighted by molar-refractivity contribution is 14.1. The standard InChI is InChI=1S/C19H39IO4/c1-16(2,12-18(5,6)22-10)14(21-9)15(24-20)17(3,4)13-19(7,8)23-11/h14-15H,12-13H2,1-11H3. The molecule has 0 spiro atoms. The van der Waals surface area contributed by atoms with Gasteiger partial charge in [-0.1, -0.05) is 27.7 Å². The van der Waals surface area contributed by atoms with Crippen molar-refractivity contribution in [3.8, 4) is 0 Å². The van der Waals surface area contributed by atoms with Crippen LogP contribution in [0.1, 0.15) is 68.2 Å². The second kappa shape index (κ2) is 8.98. The van der Waals surface area contributed by atoms with Crippen LogP contribution in [0.2, 0.25) is 0 Å². The summed E-state index contributed by atoms with van der Waals surface area (Å²) in [5, 5.41) is 0. The van der Waals surface area contributed by atoms with Crippen molar-refractivity contribution in [3.05, 3.63) is 0 Å². The number of hydrogen-bond donors (Lipinski definition) is 0.